The molecule has 0 spiro atoms. The molecular weight excluding hydrogens is 646 g/mol. The van der Waals surface area contributed by atoms with Crippen LogP contribution in [0.4, 0.5) is 0 Å². The fourth-order valence-electron chi connectivity index (χ4n) is 5.47. The number of amides is 3. The van der Waals surface area contributed by atoms with Gasteiger partial charge in [0.25, 0.3) is 17.7 Å². The van der Waals surface area contributed by atoms with E-state index in [0.717, 1.165) is 16.4 Å². The van der Waals surface area contributed by atoms with E-state index in [-0.39, 0.29) is 37.6 Å². The molecule has 5 rings (SSSR count). The van der Waals surface area contributed by atoms with Crippen LogP contribution >= 0.6 is 66.7 Å². The summed E-state index contributed by atoms with van der Waals surface area (Å²) in [5.41, 5.74) is 0.312. The van der Waals surface area contributed by atoms with Gasteiger partial charge in [-0.25, -0.2) is 5.01 Å². The van der Waals surface area contributed by atoms with Crippen molar-refractivity contribution < 1.29 is 19.2 Å². The van der Waals surface area contributed by atoms with Crippen molar-refractivity contribution in [3.05, 3.63) is 68.7 Å². The number of alkyl halides is 2. The van der Waals surface area contributed by atoms with Crippen molar-refractivity contribution in [2.24, 2.45) is 23.7 Å². The van der Waals surface area contributed by atoms with E-state index in [0.29, 0.717) is 10.0 Å². The molecule has 6 atom stereocenters. The summed E-state index contributed by atoms with van der Waals surface area (Å²) in [6, 6.07) is 10.4. The van der Waals surface area contributed by atoms with Crippen molar-refractivity contribution in [1.82, 2.24) is 10.0 Å². The monoisotopic (exact) mass is 660 g/mol. The summed E-state index contributed by atoms with van der Waals surface area (Å²) >= 11 is 25.5. The number of hydrazine groups is 1. The molecule has 0 radical (unpaired) electrons. The number of halogens is 5. The molecule has 0 N–H and O–H groups in total. The van der Waals surface area contributed by atoms with Crippen LogP contribution in [0.2, 0.25) is 15.1 Å². The molecule has 0 unspecified atom stereocenters. The predicted octanol–water partition coefficient (Wildman–Crippen LogP) is 5.66. The van der Waals surface area contributed by atoms with E-state index < -0.39 is 41.9 Å². The highest BCUT2D eigenvalue weighted by Gasteiger charge is 2.67. The van der Waals surface area contributed by atoms with Crippen LogP contribution in [0.3, 0.4) is 0 Å². The fraction of sp³-hybridized carbons (Fsp3) is 0.333. The first-order valence-corrected chi connectivity index (χ1v) is 13.8. The minimum atomic E-state index is -0.742. The highest BCUT2D eigenvalue weighted by molar-refractivity contribution is 9.12. The quantitative estimate of drug-likeness (QED) is 0.235. The fourth-order valence-corrected chi connectivity index (χ4v) is 7.96. The number of carbonyl (C=O) groups excluding carboxylic acids is 4. The van der Waals surface area contributed by atoms with E-state index >= 15 is 0 Å². The standard InChI is InChI=1S/C24H17Br2Cl3N2O4/c25-20-14-8-15(21(20)26)19-18(14)23(34)31(24(19)35)30(9-17(32)10-1-3-11(27)4-2-10)22(33)13-6-5-12(28)7-16(13)29/h1-7,14-15,18-21H,8-9H2/t14-,15-,18-,19-,20+,21+/m1/s1. The number of ketones is 1. The SMILES string of the molecule is O=C(CN(C(=O)c1ccc(Cl)cc1Cl)N1C(=O)[C@@H]2[C@H]3C[C@@H]([C@H](Br)[C@H]3Br)[C@H]2C1=O)c1ccc(Cl)cc1. The van der Waals surface area contributed by atoms with Crippen LogP contribution in [0.25, 0.3) is 0 Å². The second kappa shape index (κ2) is 9.45. The third-order valence-corrected chi connectivity index (χ3v) is 11.1. The molecule has 1 heterocycles. The normalized spacial score (nSPS) is 29.0. The van der Waals surface area contributed by atoms with E-state index in [1.54, 1.807) is 12.1 Å². The number of carbonyl (C=O) groups is 4. The minimum absolute atomic E-state index is 0.0253. The Hall–Kier alpha value is -1.45. The maximum absolute atomic E-state index is 13.7. The minimum Gasteiger partial charge on any atom is -0.292 e. The molecule has 2 bridgehead atoms. The molecule has 35 heavy (non-hydrogen) atoms. The highest BCUT2D eigenvalue weighted by atomic mass is 79.9. The molecule has 3 aliphatic rings. The smallest absolute Gasteiger partial charge is 0.274 e. The summed E-state index contributed by atoms with van der Waals surface area (Å²) in [6.07, 6.45) is 0.743. The lowest BCUT2D eigenvalue weighted by atomic mass is 9.81. The van der Waals surface area contributed by atoms with Crippen molar-refractivity contribution in [3.63, 3.8) is 0 Å². The first-order valence-electron chi connectivity index (χ1n) is 10.8. The average Bonchev–Trinajstić information content (AvgIpc) is 3.42. The molecule has 0 aromatic heterocycles. The molecule has 2 saturated carbocycles. The molecule has 3 fully saturated rings. The Labute approximate surface area is 233 Å². The third-order valence-electron chi connectivity index (χ3n) is 7.06. The summed E-state index contributed by atoms with van der Waals surface area (Å²) < 4.78 is 0. The molecule has 2 aromatic rings. The highest BCUT2D eigenvalue weighted by Crippen LogP contribution is 2.60. The Balaban J connectivity index is 1.53. The number of hydrogen-bond donors (Lipinski definition) is 0. The lowest BCUT2D eigenvalue weighted by Gasteiger charge is -2.31. The molecule has 2 aliphatic carbocycles. The molecule has 1 saturated heterocycles. The van der Waals surface area contributed by atoms with Crippen LogP contribution in [0.5, 0.6) is 0 Å². The number of Topliss-reactive ketones (excluding diaryl/α,β-unsaturated/α-hetero) is 1. The summed E-state index contributed by atoms with van der Waals surface area (Å²) in [7, 11) is 0. The topological polar surface area (TPSA) is 74.8 Å². The second-order valence-electron chi connectivity index (χ2n) is 8.91. The van der Waals surface area contributed by atoms with Gasteiger partial charge in [0.05, 0.1) is 22.4 Å². The van der Waals surface area contributed by atoms with Crippen LogP contribution in [-0.2, 0) is 9.59 Å². The summed E-state index contributed by atoms with van der Waals surface area (Å²) in [5, 5.41) is 2.60. The van der Waals surface area contributed by atoms with E-state index in [1.165, 1.54) is 30.3 Å². The molecular formula is C24H17Br2Cl3N2O4. The van der Waals surface area contributed by atoms with E-state index in [4.69, 9.17) is 34.8 Å². The van der Waals surface area contributed by atoms with E-state index in [1.807, 2.05) is 0 Å². The van der Waals surface area contributed by atoms with Crippen LogP contribution < -0.4 is 0 Å². The maximum Gasteiger partial charge on any atom is 0.274 e. The second-order valence-corrected chi connectivity index (χ2v) is 12.3. The maximum atomic E-state index is 13.7. The van der Waals surface area contributed by atoms with Gasteiger partial charge in [-0.3, -0.25) is 19.2 Å². The first kappa shape index (κ1) is 25.2. The molecule has 2 aromatic carbocycles. The van der Waals surface area contributed by atoms with Crippen molar-refractivity contribution in [1.29, 1.82) is 0 Å². The number of hydrogen-bond acceptors (Lipinski definition) is 4. The Morgan fingerprint density at radius 2 is 1.43 bits per heavy atom. The third kappa shape index (κ3) is 4.15. The Bertz CT molecular complexity index is 1230. The van der Waals surface area contributed by atoms with Gasteiger partial charge >= 0.3 is 0 Å². The number of benzene rings is 2. The zero-order valence-electron chi connectivity index (χ0n) is 17.8. The van der Waals surface area contributed by atoms with E-state index in [2.05, 4.69) is 31.9 Å². The summed E-state index contributed by atoms with van der Waals surface area (Å²) in [4.78, 5) is 54.1. The van der Waals surface area contributed by atoms with Crippen LogP contribution in [0.1, 0.15) is 27.1 Å². The number of imide groups is 1. The summed E-state index contributed by atoms with van der Waals surface area (Å²) in [6.45, 7) is -0.527. The zero-order chi connectivity index (χ0) is 25.2. The van der Waals surface area contributed by atoms with Gasteiger partial charge in [-0.05, 0) is 60.7 Å². The van der Waals surface area contributed by atoms with Crippen LogP contribution in [0, 0.1) is 23.7 Å². The van der Waals surface area contributed by atoms with Crippen molar-refractivity contribution >= 4 is 90.2 Å². The van der Waals surface area contributed by atoms with Gasteiger partial charge in [-0.1, -0.05) is 66.7 Å². The molecule has 11 heteroatoms. The van der Waals surface area contributed by atoms with Crippen molar-refractivity contribution in [2.75, 3.05) is 6.54 Å². The van der Waals surface area contributed by atoms with E-state index in [9.17, 15) is 19.2 Å². The Morgan fingerprint density at radius 3 is 1.97 bits per heavy atom. The van der Waals surface area contributed by atoms with Crippen molar-refractivity contribution in [2.45, 2.75) is 16.1 Å². The van der Waals surface area contributed by atoms with Gasteiger partial charge in [0.1, 0.15) is 6.54 Å². The molecule has 1 aliphatic heterocycles. The molecule has 182 valence electrons. The first-order chi connectivity index (χ1) is 16.6. The van der Waals surface area contributed by atoms with Gasteiger partial charge in [-0.2, -0.15) is 5.01 Å². The van der Waals surface area contributed by atoms with Gasteiger partial charge in [0.15, 0.2) is 5.78 Å². The van der Waals surface area contributed by atoms with Crippen LogP contribution in [0.15, 0.2) is 42.5 Å². The molecule has 3 amide bonds. The van der Waals surface area contributed by atoms with Gasteiger partial charge in [-0.15, -0.1) is 0 Å². The van der Waals surface area contributed by atoms with Crippen LogP contribution in [-0.4, -0.2) is 49.7 Å². The molecule has 6 nitrogen and oxygen atoms in total. The van der Waals surface area contributed by atoms with Crippen molar-refractivity contribution in [3.8, 4) is 0 Å². The summed E-state index contributed by atoms with van der Waals surface area (Å²) in [5.74, 6) is -3.33. The van der Waals surface area contributed by atoms with Gasteiger partial charge in [0.2, 0.25) is 0 Å². The average molecular weight is 664 g/mol. The van der Waals surface area contributed by atoms with Gasteiger partial charge < -0.3 is 0 Å². The zero-order valence-corrected chi connectivity index (χ0v) is 23.3. The Morgan fingerprint density at radius 1 is 0.886 bits per heavy atom. The van der Waals surface area contributed by atoms with Gasteiger partial charge in [0, 0.05) is 25.3 Å². The number of rotatable bonds is 5. The lowest BCUT2D eigenvalue weighted by Crippen LogP contribution is -2.52. The number of fused-ring (bicyclic) bond motifs is 5. The Kier molecular flexibility index (Phi) is 6.81. The number of nitrogens with zero attached hydrogens (tertiary/aromatic N) is 2. The lowest BCUT2D eigenvalue weighted by molar-refractivity contribution is -0.154. The largest absolute Gasteiger partial charge is 0.292 e. The predicted molar refractivity (Wildman–Crippen MR) is 139 cm³/mol.